The van der Waals surface area contributed by atoms with E-state index in [1.807, 2.05) is 0 Å². The fourth-order valence-electron chi connectivity index (χ4n) is 0.761. The van der Waals surface area contributed by atoms with Crippen LogP contribution in [0, 0.1) is 0 Å². The number of carbonyl (C=O) groups excluding carboxylic acids is 1. The molecule has 1 rings (SSSR count). The van der Waals surface area contributed by atoms with Gasteiger partial charge in [0.2, 0.25) is 0 Å². The van der Waals surface area contributed by atoms with Gasteiger partial charge < -0.3 is 14.8 Å². The first-order valence-electron chi connectivity index (χ1n) is 3.26. The molecule has 0 saturated heterocycles. The Kier molecular flexibility index (Phi) is 2.57. The van der Waals surface area contributed by atoms with Crippen molar-refractivity contribution in [3.63, 3.8) is 0 Å². The number of H-pyrrole nitrogens is 1. The Morgan fingerprint density at radius 1 is 1.69 bits per heavy atom. The van der Waals surface area contributed by atoms with E-state index in [-0.39, 0.29) is 5.56 Å². The molecule has 0 saturated carbocycles. The van der Waals surface area contributed by atoms with E-state index in [0.717, 1.165) is 13.3 Å². The van der Waals surface area contributed by atoms with Crippen LogP contribution in [0.4, 0.5) is 0 Å². The van der Waals surface area contributed by atoms with Gasteiger partial charge in [-0.05, 0) is 0 Å². The van der Waals surface area contributed by atoms with E-state index >= 15 is 0 Å². The monoisotopic (exact) mass is 203 g/mol. The Balaban J connectivity index is 3.34. The molecule has 1 heterocycles. The van der Waals surface area contributed by atoms with Gasteiger partial charge in [-0.2, -0.15) is 0 Å². The molecular weight excluding hydrogens is 198 g/mol. The molecule has 0 aliphatic rings. The lowest BCUT2D eigenvalue weighted by molar-refractivity contribution is 0.0597. The van der Waals surface area contributed by atoms with Crippen molar-refractivity contribution in [2.45, 2.75) is 0 Å². The molecule has 6 heteroatoms. The average molecular weight is 204 g/mol. The van der Waals surface area contributed by atoms with Crippen LogP contribution < -0.4 is 5.56 Å². The number of esters is 1. The predicted molar refractivity (Wildman–Crippen MR) is 45.1 cm³/mol. The molecule has 0 aliphatic heterocycles. The molecule has 0 fully saturated rings. The molecule has 13 heavy (non-hydrogen) atoms. The van der Waals surface area contributed by atoms with Gasteiger partial charge in [0.05, 0.1) is 7.11 Å². The highest BCUT2D eigenvalue weighted by Gasteiger charge is 2.16. The van der Waals surface area contributed by atoms with Crippen LogP contribution in [-0.2, 0) is 4.74 Å². The van der Waals surface area contributed by atoms with E-state index in [1.54, 1.807) is 0 Å². The maximum atomic E-state index is 10.9. The van der Waals surface area contributed by atoms with E-state index in [1.165, 1.54) is 0 Å². The number of aromatic nitrogens is 1. The van der Waals surface area contributed by atoms with E-state index in [9.17, 15) is 14.7 Å². The number of halogens is 1. The van der Waals surface area contributed by atoms with Crippen molar-refractivity contribution in [2.24, 2.45) is 0 Å². The summed E-state index contributed by atoms with van der Waals surface area (Å²) in [5.74, 6) is -1.34. The average Bonchev–Trinajstić information content (AvgIpc) is 2.13. The summed E-state index contributed by atoms with van der Waals surface area (Å²) in [7, 11) is 1.15. The Hall–Kier alpha value is -1.49. The molecule has 0 aliphatic carbocycles. The van der Waals surface area contributed by atoms with E-state index in [2.05, 4.69) is 9.72 Å². The summed E-state index contributed by atoms with van der Waals surface area (Å²) in [4.78, 5) is 23.9. The molecular formula is C7H6ClNO4. The maximum absolute atomic E-state index is 10.9. The van der Waals surface area contributed by atoms with Crippen molar-refractivity contribution in [1.82, 2.24) is 4.98 Å². The Bertz CT molecular complexity index is 398. The number of hydrogen-bond donors (Lipinski definition) is 2. The van der Waals surface area contributed by atoms with E-state index in [0.29, 0.717) is 0 Å². The minimum atomic E-state index is -0.768. The second-order valence-corrected chi connectivity index (χ2v) is 2.56. The largest absolute Gasteiger partial charge is 0.505 e. The van der Waals surface area contributed by atoms with Gasteiger partial charge in [0, 0.05) is 6.20 Å². The van der Waals surface area contributed by atoms with Crippen molar-refractivity contribution in [3.8, 4) is 5.75 Å². The van der Waals surface area contributed by atoms with Crippen LogP contribution in [0.25, 0.3) is 0 Å². The van der Waals surface area contributed by atoms with Crippen molar-refractivity contribution in [3.05, 3.63) is 27.1 Å². The zero-order valence-electron chi connectivity index (χ0n) is 6.63. The fraction of sp³-hybridized carbons (Fsp3) is 0.143. The lowest BCUT2D eigenvalue weighted by atomic mass is 10.2. The van der Waals surface area contributed by atoms with Crippen molar-refractivity contribution < 1.29 is 14.6 Å². The first kappa shape index (κ1) is 9.60. The van der Waals surface area contributed by atoms with Gasteiger partial charge >= 0.3 is 5.97 Å². The minimum Gasteiger partial charge on any atom is -0.505 e. The first-order chi connectivity index (χ1) is 6.07. The van der Waals surface area contributed by atoms with E-state index in [4.69, 9.17) is 11.6 Å². The van der Waals surface area contributed by atoms with Gasteiger partial charge in [0.25, 0.3) is 5.56 Å². The number of aromatic hydroxyl groups is 1. The van der Waals surface area contributed by atoms with Crippen LogP contribution >= 0.6 is 11.6 Å². The topological polar surface area (TPSA) is 79.4 Å². The molecule has 0 unspecified atom stereocenters. The molecule has 1 aromatic heterocycles. The van der Waals surface area contributed by atoms with Crippen LogP contribution in [0.15, 0.2) is 11.0 Å². The predicted octanol–water partition coefficient (Wildman–Crippen LogP) is 0.520. The van der Waals surface area contributed by atoms with E-state index < -0.39 is 22.3 Å². The molecule has 0 radical (unpaired) electrons. The SMILES string of the molecule is COC(=O)c1c[nH]c(=O)c(Cl)c1O. The molecule has 0 aromatic carbocycles. The summed E-state index contributed by atoms with van der Waals surface area (Å²) in [6.07, 6.45) is 1.04. The number of pyridine rings is 1. The number of aromatic amines is 1. The highest BCUT2D eigenvalue weighted by Crippen LogP contribution is 2.22. The van der Waals surface area contributed by atoms with Gasteiger partial charge in [-0.15, -0.1) is 0 Å². The van der Waals surface area contributed by atoms with Gasteiger partial charge in [0.1, 0.15) is 10.6 Å². The van der Waals surface area contributed by atoms with Crippen LogP contribution in [-0.4, -0.2) is 23.2 Å². The van der Waals surface area contributed by atoms with Gasteiger partial charge in [-0.3, -0.25) is 4.79 Å². The zero-order chi connectivity index (χ0) is 10.0. The second-order valence-electron chi connectivity index (χ2n) is 2.19. The third-order valence-electron chi connectivity index (χ3n) is 1.42. The lowest BCUT2D eigenvalue weighted by Gasteiger charge is -2.02. The highest BCUT2D eigenvalue weighted by molar-refractivity contribution is 6.32. The van der Waals surface area contributed by atoms with Gasteiger partial charge in [-0.25, -0.2) is 4.79 Å². The van der Waals surface area contributed by atoms with Crippen molar-refractivity contribution >= 4 is 17.6 Å². The molecule has 0 spiro atoms. The molecule has 1 aromatic rings. The minimum absolute atomic E-state index is 0.174. The molecule has 0 atom stereocenters. The van der Waals surface area contributed by atoms with Crippen LogP contribution in [0.3, 0.4) is 0 Å². The summed E-state index contributed by atoms with van der Waals surface area (Å²) in [5, 5.41) is 8.80. The second kappa shape index (κ2) is 3.49. The van der Waals surface area contributed by atoms with Crippen molar-refractivity contribution in [1.29, 1.82) is 0 Å². The number of carbonyl (C=O) groups is 1. The quantitative estimate of drug-likeness (QED) is 0.653. The number of hydrogen-bond acceptors (Lipinski definition) is 4. The molecule has 2 N–H and O–H groups in total. The number of methoxy groups -OCH3 is 1. The summed E-state index contributed by atoms with van der Waals surface area (Å²) in [5.41, 5.74) is -0.834. The number of ether oxygens (including phenoxy) is 1. The van der Waals surface area contributed by atoms with Crippen LogP contribution in [0.5, 0.6) is 5.75 Å². The maximum Gasteiger partial charge on any atom is 0.343 e. The summed E-state index contributed by atoms with van der Waals surface area (Å²) < 4.78 is 4.33. The van der Waals surface area contributed by atoms with Crippen LogP contribution in [0.1, 0.15) is 10.4 Å². The summed E-state index contributed by atoms with van der Waals surface area (Å²) in [6, 6.07) is 0. The lowest BCUT2D eigenvalue weighted by Crippen LogP contribution is -2.10. The van der Waals surface area contributed by atoms with Crippen LogP contribution in [0.2, 0.25) is 5.02 Å². The standard InChI is InChI=1S/C7H6ClNO4/c1-13-7(12)3-2-9-6(11)4(8)5(3)10/h2H,1H3,(H2,9,10,11). The number of nitrogens with one attached hydrogen (secondary N) is 1. The van der Waals surface area contributed by atoms with Crippen molar-refractivity contribution in [2.75, 3.05) is 7.11 Å². The Morgan fingerprint density at radius 3 is 2.85 bits per heavy atom. The number of rotatable bonds is 1. The molecule has 0 bridgehead atoms. The zero-order valence-corrected chi connectivity index (χ0v) is 7.38. The van der Waals surface area contributed by atoms with Gasteiger partial charge in [-0.1, -0.05) is 11.6 Å². The fourth-order valence-corrected chi connectivity index (χ4v) is 0.917. The highest BCUT2D eigenvalue weighted by atomic mass is 35.5. The summed E-state index contributed by atoms with van der Waals surface area (Å²) in [6.45, 7) is 0. The third-order valence-corrected chi connectivity index (χ3v) is 1.77. The third kappa shape index (κ3) is 1.65. The molecule has 5 nitrogen and oxygen atoms in total. The molecule has 70 valence electrons. The Labute approximate surface area is 77.9 Å². The molecule has 0 amide bonds. The van der Waals surface area contributed by atoms with Gasteiger partial charge in [0.15, 0.2) is 5.75 Å². The smallest absolute Gasteiger partial charge is 0.343 e. The Morgan fingerprint density at radius 2 is 2.31 bits per heavy atom. The summed E-state index contributed by atoms with van der Waals surface area (Å²) >= 11 is 5.38. The normalized spacial score (nSPS) is 9.69. The first-order valence-corrected chi connectivity index (χ1v) is 3.64.